The number of anilines is 1. The second kappa shape index (κ2) is 8.65. The van der Waals surface area contributed by atoms with Gasteiger partial charge in [0.25, 0.3) is 5.91 Å². The molecule has 0 unspecified atom stereocenters. The van der Waals surface area contributed by atoms with Gasteiger partial charge in [0, 0.05) is 12.7 Å². The normalized spacial score (nSPS) is 10.9. The maximum atomic E-state index is 11.8. The lowest BCUT2D eigenvalue weighted by Crippen LogP contribution is -2.30. The molecule has 10 nitrogen and oxygen atoms in total. The molecule has 0 bridgehead atoms. The van der Waals surface area contributed by atoms with Crippen molar-refractivity contribution in [1.29, 1.82) is 0 Å². The van der Waals surface area contributed by atoms with Crippen molar-refractivity contribution in [2.24, 2.45) is 5.73 Å². The second-order valence-electron chi connectivity index (χ2n) is 7.11. The van der Waals surface area contributed by atoms with Crippen LogP contribution in [0.15, 0.2) is 48.8 Å². The number of aryl methyl sites for hydroxylation is 1. The Bertz CT molecular complexity index is 1310. The molecule has 11 heteroatoms. The van der Waals surface area contributed by atoms with Gasteiger partial charge in [-0.3, -0.25) is 9.20 Å². The molecule has 0 spiro atoms. The highest BCUT2D eigenvalue weighted by atomic mass is 16.5. The molecule has 4 rings (SSSR count). The Balaban J connectivity index is 1.72. The van der Waals surface area contributed by atoms with E-state index in [-0.39, 0.29) is 0 Å². The Morgan fingerprint density at radius 1 is 1.25 bits per heavy atom. The van der Waals surface area contributed by atoms with E-state index in [1.54, 1.807) is 54.0 Å². The molecule has 0 aliphatic carbocycles. The van der Waals surface area contributed by atoms with Gasteiger partial charge in [-0.05, 0) is 30.1 Å². The van der Waals surface area contributed by atoms with Gasteiger partial charge in [0.05, 0.1) is 24.6 Å². The van der Waals surface area contributed by atoms with Gasteiger partial charge in [-0.1, -0.05) is 24.3 Å². The van der Waals surface area contributed by atoms with Crippen LogP contribution in [0.2, 0.25) is 0 Å². The zero-order chi connectivity index (χ0) is 22.8. The summed E-state index contributed by atoms with van der Waals surface area (Å²) >= 11 is 0. The quantitative estimate of drug-likeness (QED) is 0.309. The van der Waals surface area contributed by atoms with Crippen LogP contribution < -0.4 is 21.3 Å². The molecule has 4 aromatic rings. The molecule has 32 heavy (non-hydrogen) atoms. The Kier molecular flexibility index (Phi) is 5.76. The lowest BCUT2D eigenvalue weighted by atomic mass is 9.80. The van der Waals surface area contributed by atoms with Gasteiger partial charge in [-0.2, -0.15) is 0 Å². The maximum Gasteiger partial charge on any atom is 0.488 e. The van der Waals surface area contributed by atoms with Crippen LogP contribution in [0.1, 0.15) is 21.6 Å². The zero-order valence-corrected chi connectivity index (χ0v) is 17.5. The van der Waals surface area contributed by atoms with Crippen molar-refractivity contribution < 1.29 is 19.6 Å². The average Bonchev–Trinajstić information content (AvgIpc) is 3.13. The average molecular weight is 432 g/mol. The fourth-order valence-corrected chi connectivity index (χ4v) is 3.45. The third-order valence-electron chi connectivity index (χ3n) is 4.99. The van der Waals surface area contributed by atoms with E-state index in [4.69, 9.17) is 10.5 Å². The van der Waals surface area contributed by atoms with Crippen LogP contribution in [-0.2, 0) is 6.54 Å². The smallest absolute Gasteiger partial charge is 0.488 e. The van der Waals surface area contributed by atoms with Crippen LogP contribution in [0.25, 0.3) is 17.2 Å². The van der Waals surface area contributed by atoms with Crippen molar-refractivity contribution in [2.75, 3.05) is 12.4 Å². The monoisotopic (exact) mass is 432 g/mol. The molecule has 3 aromatic heterocycles. The van der Waals surface area contributed by atoms with E-state index in [0.717, 1.165) is 5.56 Å². The van der Waals surface area contributed by atoms with Gasteiger partial charge < -0.3 is 25.8 Å². The number of carbonyl (C=O) groups excluding carboxylic acids is 1. The fourth-order valence-electron chi connectivity index (χ4n) is 3.45. The Labute approximate surface area is 183 Å². The highest BCUT2D eigenvalue weighted by Crippen LogP contribution is 2.28. The Morgan fingerprint density at radius 3 is 2.78 bits per heavy atom. The summed E-state index contributed by atoms with van der Waals surface area (Å²) in [5.74, 6) is 0.712. The number of carbonyl (C=O) groups is 1. The molecule has 162 valence electrons. The lowest BCUT2D eigenvalue weighted by molar-refractivity contribution is 0.100. The molecule has 0 saturated heterocycles. The summed E-state index contributed by atoms with van der Waals surface area (Å²) in [7, 11) is -0.0243. The fraction of sp³-hybridized carbons (Fsp3) is 0.143. The summed E-state index contributed by atoms with van der Waals surface area (Å²) in [6.45, 7) is 2.17. The second-order valence-corrected chi connectivity index (χ2v) is 7.11. The number of aromatic nitrogens is 4. The number of benzene rings is 1. The minimum Gasteiger partial charge on any atom is -0.491 e. The van der Waals surface area contributed by atoms with Gasteiger partial charge in [-0.15, -0.1) is 0 Å². The summed E-state index contributed by atoms with van der Waals surface area (Å²) in [6, 6.07) is 10.2. The third-order valence-corrected chi connectivity index (χ3v) is 4.99. The minimum absolute atomic E-state index is 0.305. The van der Waals surface area contributed by atoms with Gasteiger partial charge in [0.1, 0.15) is 11.3 Å². The number of amides is 1. The number of pyridine rings is 1. The highest BCUT2D eigenvalue weighted by Gasteiger charge is 2.19. The molecule has 5 N–H and O–H groups in total. The summed E-state index contributed by atoms with van der Waals surface area (Å²) in [5, 5.41) is 22.0. The van der Waals surface area contributed by atoms with Gasteiger partial charge in [0.15, 0.2) is 17.4 Å². The van der Waals surface area contributed by atoms with Crippen LogP contribution in [-0.4, -0.2) is 49.5 Å². The summed E-state index contributed by atoms with van der Waals surface area (Å²) in [4.78, 5) is 25.3. The van der Waals surface area contributed by atoms with E-state index in [1.165, 1.54) is 7.11 Å². The first kappa shape index (κ1) is 21.3. The van der Waals surface area contributed by atoms with E-state index in [0.29, 0.717) is 52.0 Å². The van der Waals surface area contributed by atoms with Gasteiger partial charge >= 0.3 is 7.12 Å². The van der Waals surface area contributed by atoms with Crippen molar-refractivity contribution >= 4 is 30.0 Å². The van der Waals surface area contributed by atoms with Crippen molar-refractivity contribution in [3.8, 4) is 17.3 Å². The first-order valence-electron chi connectivity index (χ1n) is 9.76. The predicted octanol–water partition coefficient (Wildman–Crippen LogP) is 0.499. The van der Waals surface area contributed by atoms with Crippen LogP contribution in [0.4, 0.5) is 5.82 Å². The number of methoxy groups -OCH3 is 1. The van der Waals surface area contributed by atoms with Crippen LogP contribution in [0, 0.1) is 6.92 Å². The third kappa shape index (κ3) is 3.98. The van der Waals surface area contributed by atoms with Crippen LogP contribution >= 0.6 is 0 Å². The number of rotatable bonds is 7. The van der Waals surface area contributed by atoms with Crippen LogP contribution in [0.3, 0.4) is 0 Å². The number of ether oxygens (including phenoxy) is 1. The van der Waals surface area contributed by atoms with E-state index in [9.17, 15) is 14.8 Å². The van der Waals surface area contributed by atoms with Crippen molar-refractivity contribution in [1.82, 2.24) is 19.4 Å². The minimum atomic E-state index is -1.54. The number of primary amides is 1. The molecule has 0 aliphatic heterocycles. The van der Waals surface area contributed by atoms with Crippen molar-refractivity contribution in [3.05, 3.63) is 65.6 Å². The highest BCUT2D eigenvalue weighted by molar-refractivity contribution is 6.58. The Morgan fingerprint density at radius 2 is 2.06 bits per heavy atom. The molecular weight excluding hydrogens is 411 g/mol. The Hall–Kier alpha value is -3.96. The first-order chi connectivity index (χ1) is 15.4. The molecular formula is C21H21BN6O4. The van der Waals surface area contributed by atoms with Gasteiger partial charge in [0.2, 0.25) is 0 Å². The number of imidazole rings is 1. The predicted molar refractivity (Wildman–Crippen MR) is 120 cm³/mol. The van der Waals surface area contributed by atoms with Gasteiger partial charge in [-0.25, -0.2) is 15.0 Å². The first-order valence-corrected chi connectivity index (χ1v) is 9.76. The topological polar surface area (TPSA) is 148 Å². The number of hydrogen-bond donors (Lipinski definition) is 4. The number of hydrogen-bond acceptors (Lipinski definition) is 8. The van der Waals surface area contributed by atoms with Crippen molar-refractivity contribution in [2.45, 2.75) is 13.5 Å². The molecule has 0 radical (unpaired) electrons. The molecule has 1 amide bonds. The number of nitrogens with zero attached hydrogens (tertiary/aromatic N) is 4. The molecule has 3 heterocycles. The summed E-state index contributed by atoms with van der Waals surface area (Å²) in [5.41, 5.74) is 8.71. The summed E-state index contributed by atoms with van der Waals surface area (Å²) in [6.07, 6.45) is 3.32. The van der Waals surface area contributed by atoms with Crippen molar-refractivity contribution in [3.63, 3.8) is 0 Å². The SMILES string of the molecule is COc1cnc(-c2c(C)nc3c(C(N)=O)cccn23)nc1NCc1cccc(B(O)O)c1. The number of nitrogens with one attached hydrogen (secondary N) is 1. The molecule has 0 atom stereocenters. The number of nitrogens with two attached hydrogens (primary N) is 1. The largest absolute Gasteiger partial charge is 0.491 e. The van der Waals surface area contributed by atoms with Crippen LogP contribution in [0.5, 0.6) is 5.75 Å². The molecule has 1 aromatic carbocycles. The maximum absolute atomic E-state index is 11.8. The molecule has 0 saturated carbocycles. The van der Waals surface area contributed by atoms with E-state index >= 15 is 0 Å². The van der Waals surface area contributed by atoms with E-state index in [1.807, 2.05) is 6.07 Å². The molecule has 0 aliphatic rings. The molecule has 0 fully saturated rings. The number of fused-ring (bicyclic) bond motifs is 1. The summed E-state index contributed by atoms with van der Waals surface area (Å²) < 4.78 is 7.11. The van der Waals surface area contributed by atoms with E-state index < -0.39 is 13.0 Å². The lowest BCUT2D eigenvalue weighted by Gasteiger charge is -2.12. The van der Waals surface area contributed by atoms with E-state index in [2.05, 4.69) is 20.3 Å². The zero-order valence-electron chi connectivity index (χ0n) is 17.5. The standard InChI is InChI=1S/C21H21BN6O4/c1-12-17(28-8-4-7-15(18(23)29)21(28)26-12)20-25-11-16(32-2)19(27-20)24-10-13-5-3-6-14(9-13)22(30)31/h3-9,11,30-31H,10H2,1-2H3,(H2,23,29)(H,24,25,27).